The lowest BCUT2D eigenvalue weighted by Crippen LogP contribution is -2.35. The molecular formula is C20H12Cl3FN2O3. The molecule has 0 aliphatic rings. The number of carbonyl (C=O) groups is 2. The zero-order valence-corrected chi connectivity index (χ0v) is 16.8. The molecule has 0 fully saturated rings. The van der Waals surface area contributed by atoms with E-state index in [1.54, 1.807) is 36.4 Å². The Bertz CT molecular complexity index is 1070. The number of amides is 3. The molecule has 3 amide bonds. The van der Waals surface area contributed by atoms with Crippen LogP contribution in [0.4, 0.5) is 14.9 Å². The summed E-state index contributed by atoms with van der Waals surface area (Å²) in [6, 6.07) is 14.0. The molecule has 0 atom stereocenters. The molecule has 0 heterocycles. The smallest absolute Gasteiger partial charge is 0.326 e. The van der Waals surface area contributed by atoms with Crippen molar-refractivity contribution in [3.05, 3.63) is 87.1 Å². The number of carbonyl (C=O) groups excluding carboxylic acids is 2. The van der Waals surface area contributed by atoms with Crippen LogP contribution in [0.2, 0.25) is 15.1 Å². The van der Waals surface area contributed by atoms with Gasteiger partial charge in [-0.1, -0.05) is 53.0 Å². The maximum atomic E-state index is 13.8. The molecule has 0 saturated carbocycles. The lowest BCUT2D eigenvalue weighted by molar-refractivity contribution is 0.0963. The van der Waals surface area contributed by atoms with E-state index >= 15 is 0 Å². The van der Waals surface area contributed by atoms with Crippen LogP contribution in [0.1, 0.15) is 10.4 Å². The highest BCUT2D eigenvalue weighted by molar-refractivity contribution is 6.35. The summed E-state index contributed by atoms with van der Waals surface area (Å²) in [5.74, 6) is -1.24. The van der Waals surface area contributed by atoms with E-state index in [2.05, 4.69) is 5.32 Å². The largest absolute Gasteiger partial charge is 0.454 e. The third-order valence-electron chi connectivity index (χ3n) is 3.67. The second kappa shape index (κ2) is 9.13. The predicted octanol–water partition coefficient (Wildman–Crippen LogP) is 6.54. The molecule has 0 aliphatic heterocycles. The fraction of sp³-hybridized carbons (Fsp3) is 0. The van der Waals surface area contributed by atoms with Gasteiger partial charge in [0.1, 0.15) is 11.6 Å². The minimum atomic E-state index is -0.982. The summed E-state index contributed by atoms with van der Waals surface area (Å²) in [6.07, 6.45) is 0. The Kier molecular flexibility index (Phi) is 6.59. The third-order valence-corrected chi connectivity index (χ3v) is 4.51. The monoisotopic (exact) mass is 452 g/mol. The molecule has 3 aromatic carbocycles. The van der Waals surface area contributed by atoms with Crippen molar-refractivity contribution in [3.8, 4) is 11.5 Å². The molecule has 0 bridgehead atoms. The van der Waals surface area contributed by atoms with Crippen LogP contribution in [0.5, 0.6) is 11.5 Å². The Morgan fingerprint density at radius 3 is 2.34 bits per heavy atom. The first-order valence-corrected chi connectivity index (χ1v) is 9.27. The molecule has 0 unspecified atom stereocenters. The summed E-state index contributed by atoms with van der Waals surface area (Å²) in [6.45, 7) is 0. The number of nitrogens with one attached hydrogen (secondary N) is 2. The Hall–Kier alpha value is -2.80. The van der Waals surface area contributed by atoms with Gasteiger partial charge in [0.2, 0.25) is 0 Å². The van der Waals surface area contributed by atoms with Crippen molar-refractivity contribution < 1.29 is 18.7 Å². The lowest BCUT2D eigenvalue weighted by atomic mass is 10.2. The van der Waals surface area contributed by atoms with Crippen LogP contribution in [0.3, 0.4) is 0 Å². The summed E-state index contributed by atoms with van der Waals surface area (Å²) in [5, 5.41) is 5.10. The van der Waals surface area contributed by atoms with Crippen molar-refractivity contribution in [3.63, 3.8) is 0 Å². The van der Waals surface area contributed by atoms with Crippen LogP contribution >= 0.6 is 34.8 Å². The molecule has 3 aromatic rings. The van der Waals surface area contributed by atoms with E-state index in [0.717, 1.165) is 6.07 Å². The zero-order valence-electron chi connectivity index (χ0n) is 14.5. The highest BCUT2D eigenvalue weighted by Gasteiger charge is 2.19. The highest BCUT2D eigenvalue weighted by atomic mass is 35.5. The van der Waals surface area contributed by atoms with E-state index in [9.17, 15) is 14.0 Å². The van der Waals surface area contributed by atoms with Gasteiger partial charge in [0.15, 0.2) is 5.75 Å². The summed E-state index contributed by atoms with van der Waals surface area (Å²) < 4.78 is 19.6. The van der Waals surface area contributed by atoms with Crippen LogP contribution in [-0.4, -0.2) is 11.9 Å². The number of ether oxygens (including phenoxy) is 1. The van der Waals surface area contributed by atoms with Crippen LogP contribution in [0.25, 0.3) is 0 Å². The van der Waals surface area contributed by atoms with Gasteiger partial charge < -0.3 is 10.1 Å². The minimum Gasteiger partial charge on any atom is -0.454 e. The van der Waals surface area contributed by atoms with E-state index in [-0.39, 0.29) is 21.5 Å². The number of anilines is 1. The molecule has 148 valence electrons. The average molecular weight is 454 g/mol. The normalized spacial score (nSPS) is 10.3. The summed E-state index contributed by atoms with van der Waals surface area (Å²) in [4.78, 5) is 24.4. The van der Waals surface area contributed by atoms with E-state index in [1.807, 2.05) is 5.32 Å². The van der Waals surface area contributed by atoms with E-state index in [0.29, 0.717) is 10.8 Å². The summed E-state index contributed by atoms with van der Waals surface area (Å²) in [7, 11) is 0. The Labute approximate surface area is 180 Å². The van der Waals surface area contributed by atoms with Gasteiger partial charge in [-0.3, -0.25) is 10.1 Å². The summed E-state index contributed by atoms with van der Waals surface area (Å²) in [5.41, 5.74) is -0.176. The maximum absolute atomic E-state index is 13.8. The van der Waals surface area contributed by atoms with Crippen LogP contribution in [0.15, 0.2) is 60.7 Å². The van der Waals surface area contributed by atoms with Crippen LogP contribution in [-0.2, 0) is 0 Å². The quantitative estimate of drug-likeness (QED) is 0.471. The second-order valence-corrected chi connectivity index (χ2v) is 6.93. The fourth-order valence-corrected chi connectivity index (χ4v) is 3.07. The molecule has 2 N–H and O–H groups in total. The van der Waals surface area contributed by atoms with Crippen LogP contribution in [0, 0.1) is 5.82 Å². The number of rotatable bonds is 4. The standard InChI is InChI=1S/C20H12Cl3FN2O3/c21-11-8-9-16(13(23)10-11)29-17-7-2-1-6-15(17)25-20(28)26-19(27)18-12(22)4-3-5-14(18)24/h1-10H,(H2,25,26,27,28). The topological polar surface area (TPSA) is 67.4 Å². The number of benzene rings is 3. The Balaban J connectivity index is 1.75. The molecule has 0 saturated heterocycles. The first kappa shape index (κ1) is 20.9. The SMILES string of the molecule is O=C(NC(=O)c1c(F)cccc1Cl)Nc1ccccc1Oc1ccc(Cl)cc1Cl. The highest BCUT2D eigenvalue weighted by Crippen LogP contribution is 2.35. The number of imide groups is 1. The number of urea groups is 1. The number of hydrogen-bond acceptors (Lipinski definition) is 3. The van der Waals surface area contributed by atoms with E-state index in [1.165, 1.54) is 18.2 Å². The third kappa shape index (κ3) is 5.17. The van der Waals surface area contributed by atoms with Crippen molar-refractivity contribution in [2.75, 3.05) is 5.32 Å². The summed E-state index contributed by atoms with van der Waals surface area (Å²) >= 11 is 17.8. The van der Waals surface area contributed by atoms with Gasteiger partial charge in [0, 0.05) is 5.02 Å². The van der Waals surface area contributed by atoms with Gasteiger partial charge in [0.05, 0.1) is 21.3 Å². The molecule has 5 nitrogen and oxygen atoms in total. The van der Waals surface area contributed by atoms with Gasteiger partial charge in [-0.2, -0.15) is 0 Å². The molecule has 0 aliphatic carbocycles. The zero-order chi connectivity index (χ0) is 21.0. The van der Waals surface area contributed by atoms with Gasteiger partial charge in [-0.05, 0) is 42.5 Å². The van der Waals surface area contributed by atoms with Gasteiger partial charge in [-0.25, -0.2) is 9.18 Å². The molecule has 0 radical (unpaired) electrons. The maximum Gasteiger partial charge on any atom is 0.326 e. The Morgan fingerprint density at radius 1 is 0.862 bits per heavy atom. The predicted molar refractivity (Wildman–Crippen MR) is 111 cm³/mol. The average Bonchev–Trinajstić information content (AvgIpc) is 2.65. The van der Waals surface area contributed by atoms with Crippen molar-refractivity contribution in [2.24, 2.45) is 0 Å². The molecule has 29 heavy (non-hydrogen) atoms. The second-order valence-electron chi connectivity index (χ2n) is 5.68. The van der Waals surface area contributed by atoms with Crippen molar-refractivity contribution in [2.45, 2.75) is 0 Å². The van der Waals surface area contributed by atoms with Crippen LogP contribution < -0.4 is 15.4 Å². The molecule has 0 spiro atoms. The van der Waals surface area contributed by atoms with E-state index in [4.69, 9.17) is 39.5 Å². The van der Waals surface area contributed by atoms with Crippen molar-refractivity contribution in [1.82, 2.24) is 5.32 Å². The molecule has 9 heteroatoms. The first-order valence-electron chi connectivity index (χ1n) is 8.13. The molecular weight excluding hydrogens is 442 g/mol. The Morgan fingerprint density at radius 2 is 1.62 bits per heavy atom. The van der Waals surface area contributed by atoms with Gasteiger partial charge in [0.25, 0.3) is 5.91 Å². The molecule has 0 aromatic heterocycles. The number of para-hydroxylation sites is 2. The lowest BCUT2D eigenvalue weighted by Gasteiger charge is -2.13. The van der Waals surface area contributed by atoms with Gasteiger partial charge in [-0.15, -0.1) is 0 Å². The minimum absolute atomic E-state index is 0.114. The number of hydrogen-bond donors (Lipinski definition) is 2. The molecule has 3 rings (SSSR count). The first-order chi connectivity index (χ1) is 13.8. The fourth-order valence-electron chi connectivity index (χ4n) is 2.37. The van der Waals surface area contributed by atoms with Crippen molar-refractivity contribution >= 4 is 52.4 Å². The van der Waals surface area contributed by atoms with Gasteiger partial charge >= 0.3 is 6.03 Å². The number of halogens is 4. The van der Waals surface area contributed by atoms with Crippen molar-refractivity contribution in [1.29, 1.82) is 0 Å². The van der Waals surface area contributed by atoms with E-state index < -0.39 is 23.3 Å².